The van der Waals surface area contributed by atoms with E-state index in [2.05, 4.69) is 4.74 Å². The Morgan fingerprint density at radius 2 is 2.21 bits per heavy atom. The minimum Gasteiger partial charge on any atom is -0.465 e. The lowest BCUT2D eigenvalue weighted by atomic mass is 10.3. The molecule has 5 nitrogen and oxygen atoms in total. The van der Waals surface area contributed by atoms with Crippen LogP contribution in [0.5, 0.6) is 0 Å². The average Bonchev–Trinajstić information content (AvgIpc) is 2.38. The van der Waals surface area contributed by atoms with Crippen LogP contribution in [0, 0.1) is 0 Å². The fourth-order valence-electron chi connectivity index (χ4n) is 1.11. The quantitative estimate of drug-likeness (QED) is 0.588. The second-order valence-corrected chi connectivity index (χ2v) is 3.01. The number of aldehydes is 1. The van der Waals surface area contributed by atoms with Crippen LogP contribution in [0.1, 0.15) is 20.8 Å². The molecular formula is C8H9ClN2O3. The van der Waals surface area contributed by atoms with E-state index in [9.17, 15) is 9.59 Å². The molecule has 0 aromatic carbocycles. The van der Waals surface area contributed by atoms with Crippen LogP contribution in [0.2, 0.25) is 5.02 Å². The SMILES string of the molecule is COC(=O)c1c(Cl)c(C=O)n(C)c1N. The molecule has 0 amide bonds. The average molecular weight is 217 g/mol. The van der Waals surface area contributed by atoms with Gasteiger partial charge in [-0.25, -0.2) is 4.79 Å². The molecule has 0 radical (unpaired) electrons. The van der Waals surface area contributed by atoms with E-state index < -0.39 is 5.97 Å². The molecule has 14 heavy (non-hydrogen) atoms. The van der Waals surface area contributed by atoms with Gasteiger partial charge in [0.25, 0.3) is 0 Å². The maximum Gasteiger partial charge on any atom is 0.343 e. The summed E-state index contributed by atoms with van der Waals surface area (Å²) in [5.74, 6) is -0.542. The van der Waals surface area contributed by atoms with Gasteiger partial charge in [0.15, 0.2) is 6.29 Å². The topological polar surface area (TPSA) is 74.3 Å². The van der Waals surface area contributed by atoms with Crippen LogP contribution in [0.3, 0.4) is 0 Å². The Hall–Kier alpha value is -1.49. The number of hydrogen-bond acceptors (Lipinski definition) is 4. The van der Waals surface area contributed by atoms with Gasteiger partial charge in [0.2, 0.25) is 0 Å². The Labute approximate surface area is 85.4 Å². The molecule has 1 aromatic heterocycles. The van der Waals surface area contributed by atoms with Crippen molar-refractivity contribution in [1.82, 2.24) is 4.57 Å². The van der Waals surface area contributed by atoms with E-state index in [1.165, 1.54) is 18.7 Å². The number of carbonyl (C=O) groups excluding carboxylic acids is 2. The second kappa shape index (κ2) is 3.71. The van der Waals surface area contributed by atoms with Gasteiger partial charge >= 0.3 is 5.97 Å². The summed E-state index contributed by atoms with van der Waals surface area (Å²) < 4.78 is 5.81. The summed E-state index contributed by atoms with van der Waals surface area (Å²) in [4.78, 5) is 21.8. The molecule has 6 heteroatoms. The second-order valence-electron chi connectivity index (χ2n) is 2.63. The first-order valence-corrected chi connectivity index (χ1v) is 4.09. The number of ether oxygens (including phenoxy) is 1. The number of hydrogen-bond donors (Lipinski definition) is 1. The first-order chi connectivity index (χ1) is 6.54. The fourth-order valence-corrected chi connectivity index (χ4v) is 1.46. The van der Waals surface area contributed by atoms with Crippen molar-refractivity contribution in [3.63, 3.8) is 0 Å². The molecule has 0 atom stereocenters. The normalized spacial score (nSPS) is 9.93. The molecule has 0 spiro atoms. The van der Waals surface area contributed by atoms with Crippen molar-refractivity contribution >= 4 is 29.7 Å². The number of methoxy groups -OCH3 is 1. The van der Waals surface area contributed by atoms with Gasteiger partial charge in [0.1, 0.15) is 17.1 Å². The molecule has 1 heterocycles. The van der Waals surface area contributed by atoms with Crippen LogP contribution in [0.25, 0.3) is 0 Å². The largest absolute Gasteiger partial charge is 0.465 e. The van der Waals surface area contributed by atoms with Gasteiger partial charge < -0.3 is 15.0 Å². The van der Waals surface area contributed by atoms with Gasteiger partial charge in [-0.3, -0.25) is 4.79 Å². The Morgan fingerprint density at radius 1 is 1.64 bits per heavy atom. The summed E-state index contributed by atoms with van der Waals surface area (Å²) in [7, 11) is 2.75. The highest BCUT2D eigenvalue weighted by Gasteiger charge is 2.23. The molecular weight excluding hydrogens is 208 g/mol. The molecule has 0 aliphatic carbocycles. The Kier molecular flexibility index (Phi) is 2.81. The van der Waals surface area contributed by atoms with Crippen LogP contribution in [-0.2, 0) is 11.8 Å². The standard InChI is InChI=1S/C8H9ClN2O3/c1-11-4(3-12)6(9)5(7(11)10)8(13)14-2/h3H,10H2,1-2H3. The van der Waals surface area contributed by atoms with E-state index in [0.29, 0.717) is 6.29 Å². The van der Waals surface area contributed by atoms with Crippen LogP contribution >= 0.6 is 11.6 Å². The van der Waals surface area contributed by atoms with Crippen LogP contribution < -0.4 is 5.73 Å². The van der Waals surface area contributed by atoms with E-state index in [1.807, 2.05) is 0 Å². The predicted octanol–water partition coefficient (Wildman–Crippen LogP) is 0.860. The summed E-state index contributed by atoms with van der Waals surface area (Å²) >= 11 is 5.78. The third-order valence-corrected chi connectivity index (χ3v) is 2.31. The van der Waals surface area contributed by atoms with Crippen molar-refractivity contribution in [2.24, 2.45) is 7.05 Å². The van der Waals surface area contributed by atoms with Crippen molar-refractivity contribution in [2.75, 3.05) is 12.8 Å². The van der Waals surface area contributed by atoms with E-state index >= 15 is 0 Å². The van der Waals surface area contributed by atoms with Gasteiger partial charge in [-0.1, -0.05) is 11.6 Å². The van der Waals surface area contributed by atoms with Gasteiger partial charge in [0, 0.05) is 7.05 Å². The van der Waals surface area contributed by atoms with Crippen LogP contribution in [0.15, 0.2) is 0 Å². The molecule has 0 unspecified atom stereocenters. The first-order valence-electron chi connectivity index (χ1n) is 3.71. The minimum atomic E-state index is -0.656. The highest BCUT2D eigenvalue weighted by atomic mass is 35.5. The maximum atomic E-state index is 11.2. The molecule has 1 aromatic rings. The minimum absolute atomic E-state index is 0.0202. The Morgan fingerprint density at radius 3 is 2.57 bits per heavy atom. The zero-order valence-electron chi connectivity index (χ0n) is 7.70. The number of halogens is 1. The van der Waals surface area contributed by atoms with Crippen LogP contribution in [0.4, 0.5) is 5.82 Å². The van der Waals surface area contributed by atoms with Crippen molar-refractivity contribution in [3.8, 4) is 0 Å². The summed E-state index contributed by atoms with van der Waals surface area (Å²) in [5.41, 5.74) is 5.76. The third kappa shape index (κ3) is 1.35. The zero-order valence-corrected chi connectivity index (χ0v) is 8.46. The maximum absolute atomic E-state index is 11.2. The van der Waals surface area contributed by atoms with Gasteiger partial charge in [-0.05, 0) is 0 Å². The lowest BCUT2D eigenvalue weighted by molar-refractivity contribution is 0.0602. The summed E-state index contributed by atoms with van der Waals surface area (Å²) in [6.07, 6.45) is 0.533. The molecule has 0 aliphatic heterocycles. The summed E-state index contributed by atoms with van der Waals surface area (Å²) in [6, 6.07) is 0. The Bertz CT molecular complexity index is 398. The van der Waals surface area contributed by atoms with Crippen molar-refractivity contribution in [2.45, 2.75) is 0 Å². The molecule has 0 bridgehead atoms. The third-order valence-electron chi connectivity index (χ3n) is 1.92. The van der Waals surface area contributed by atoms with Crippen molar-refractivity contribution < 1.29 is 14.3 Å². The summed E-state index contributed by atoms with van der Waals surface area (Å²) in [6.45, 7) is 0. The monoisotopic (exact) mass is 216 g/mol. The van der Waals surface area contributed by atoms with E-state index in [0.717, 1.165) is 0 Å². The lowest BCUT2D eigenvalue weighted by Gasteiger charge is -1.99. The van der Waals surface area contributed by atoms with E-state index in [-0.39, 0.29) is 22.1 Å². The molecule has 2 N–H and O–H groups in total. The molecule has 0 saturated carbocycles. The molecule has 0 aliphatic rings. The van der Waals surface area contributed by atoms with Crippen molar-refractivity contribution in [3.05, 3.63) is 16.3 Å². The smallest absolute Gasteiger partial charge is 0.343 e. The number of nitrogens with two attached hydrogens (primary N) is 1. The molecule has 0 fully saturated rings. The zero-order chi connectivity index (χ0) is 10.9. The van der Waals surface area contributed by atoms with E-state index in [1.54, 1.807) is 0 Å². The Balaban J connectivity index is 3.45. The van der Waals surface area contributed by atoms with Gasteiger partial charge in [0.05, 0.1) is 12.1 Å². The van der Waals surface area contributed by atoms with Gasteiger partial charge in [-0.2, -0.15) is 0 Å². The van der Waals surface area contributed by atoms with E-state index in [4.69, 9.17) is 17.3 Å². The number of aromatic nitrogens is 1. The molecule has 1 rings (SSSR count). The lowest BCUT2D eigenvalue weighted by Crippen LogP contribution is -2.06. The van der Waals surface area contributed by atoms with Gasteiger partial charge in [-0.15, -0.1) is 0 Å². The summed E-state index contributed by atoms with van der Waals surface area (Å²) in [5, 5.41) is 0.0202. The predicted molar refractivity (Wildman–Crippen MR) is 51.6 cm³/mol. The number of esters is 1. The van der Waals surface area contributed by atoms with Crippen LogP contribution in [-0.4, -0.2) is 23.9 Å². The molecule has 76 valence electrons. The number of rotatable bonds is 2. The number of carbonyl (C=O) groups is 2. The fraction of sp³-hybridized carbons (Fsp3) is 0.250. The van der Waals surface area contributed by atoms with Crippen molar-refractivity contribution in [1.29, 1.82) is 0 Å². The first kappa shape index (κ1) is 10.6. The molecule has 0 saturated heterocycles. The highest BCUT2D eigenvalue weighted by molar-refractivity contribution is 6.36. The number of anilines is 1. The number of nitrogens with zero attached hydrogens (tertiary/aromatic N) is 1. The number of nitrogen functional groups attached to an aromatic ring is 1. The highest BCUT2D eigenvalue weighted by Crippen LogP contribution is 2.28.